The highest BCUT2D eigenvalue weighted by molar-refractivity contribution is 5.59. The number of para-hydroxylation sites is 1. The summed E-state index contributed by atoms with van der Waals surface area (Å²) in [6, 6.07) is 9.29. The second-order valence-electron chi connectivity index (χ2n) is 2.61. The highest BCUT2D eigenvalue weighted by Crippen LogP contribution is 2.07. The third kappa shape index (κ3) is 4.90. The highest BCUT2D eigenvalue weighted by atomic mass is 16.7. The Morgan fingerprint density at radius 1 is 1.13 bits per heavy atom. The lowest BCUT2D eigenvalue weighted by molar-refractivity contribution is 0.0529. The SMILES string of the molecule is [CH2]COC(=O)OCCOc1ccccc1. The fourth-order valence-corrected chi connectivity index (χ4v) is 0.926. The fraction of sp³-hybridized carbons (Fsp3) is 0.273. The van der Waals surface area contributed by atoms with Gasteiger partial charge in [0.1, 0.15) is 19.0 Å². The van der Waals surface area contributed by atoms with Gasteiger partial charge in [0.2, 0.25) is 0 Å². The summed E-state index contributed by atoms with van der Waals surface area (Å²) >= 11 is 0. The Kier molecular flexibility index (Phi) is 5.08. The van der Waals surface area contributed by atoms with Gasteiger partial charge in [0.05, 0.1) is 6.61 Å². The first-order chi connectivity index (χ1) is 7.33. The quantitative estimate of drug-likeness (QED) is 0.550. The Labute approximate surface area is 88.8 Å². The first kappa shape index (κ1) is 11.4. The van der Waals surface area contributed by atoms with Gasteiger partial charge < -0.3 is 14.2 Å². The minimum absolute atomic E-state index is 0.0678. The molecule has 0 N–H and O–H groups in total. The van der Waals surface area contributed by atoms with Gasteiger partial charge in [-0.2, -0.15) is 0 Å². The van der Waals surface area contributed by atoms with Crippen LogP contribution in [0.1, 0.15) is 0 Å². The van der Waals surface area contributed by atoms with Crippen LogP contribution in [0.5, 0.6) is 5.75 Å². The van der Waals surface area contributed by atoms with E-state index in [9.17, 15) is 4.79 Å². The second kappa shape index (κ2) is 6.70. The van der Waals surface area contributed by atoms with E-state index in [2.05, 4.69) is 16.4 Å². The van der Waals surface area contributed by atoms with Crippen molar-refractivity contribution in [1.82, 2.24) is 0 Å². The molecule has 1 aromatic rings. The van der Waals surface area contributed by atoms with Crippen molar-refractivity contribution >= 4 is 6.16 Å². The molecule has 1 rings (SSSR count). The van der Waals surface area contributed by atoms with Crippen LogP contribution in [0.25, 0.3) is 0 Å². The van der Waals surface area contributed by atoms with Crippen LogP contribution in [-0.4, -0.2) is 26.0 Å². The van der Waals surface area contributed by atoms with Crippen LogP contribution in [0.15, 0.2) is 30.3 Å². The van der Waals surface area contributed by atoms with Crippen LogP contribution in [-0.2, 0) is 9.47 Å². The summed E-state index contributed by atoms with van der Waals surface area (Å²) in [6.45, 7) is 3.88. The van der Waals surface area contributed by atoms with Crippen LogP contribution < -0.4 is 4.74 Å². The van der Waals surface area contributed by atoms with Gasteiger partial charge in [-0.05, 0) is 19.1 Å². The topological polar surface area (TPSA) is 44.8 Å². The van der Waals surface area contributed by atoms with Crippen molar-refractivity contribution in [2.45, 2.75) is 0 Å². The minimum Gasteiger partial charge on any atom is -0.490 e. The monoisotopic (exact) mass is 209 g/mol. The number of hydrogen-bond acceptors (Lipinski definition) is 4. The van der Waals surface area contributed by atoms with Crippen molar-refractivity contribution in [2.75, 3.05) is 19.8 Å². The molecule has 0 aliphatic heterocycles. The van der Waals surface area contributed by atoms with Crippen LogP contribution in [0.2, 0.25) is 0 Å². The lowest BCUT2D eigenvalue weighted by atomic mass is 10.3. The van der Waals surface area contributed by atoms with Crippen molar-refractivity contribution in [3.63, 3.8) is 0 Å². The number of ether oxygens (including phenoxy) is 3. The maximum atomic E-state index is 10.7. The molecule has 1 radical (unpaired) electrons. The Morgan fingerprint density at radius 2 is 1.87 bits per heavy atom. The largest absolute Gasteiger partial charge is 0.508 e. The third-order valence-electron chi connectivity index (χ3n) is 1.54. The lowest BCUT2D eigenvalue weighted by Crippen LogP contribution is -2.13. The standard InChI is InChI=1S/C11H13O4/c1-2-13-11(12)15-9-8-14-10-6-4-3-5-7-10/h3-7H,1-2,8-9H2. The van der Waals surface area contributed by atoms with Gasteiger partial charge in [-0.15, -0.1) is 0 Å². The van der Waals surface area contributed by atoms with Gasteiger partial charge >= 0.3 is 6.16 Å². The van der Waals surface area contributed by atoms with Crippen molar-refractivity contribution in [1.29, 1.82) is 0 Å². The van der Waals surface area contributed by atoms with Crippen LogP contribution in [0.3, 0.4) is 0 Å². The van der Waals surface area contributed by atoms with Gasteiger partial charge in [0.25, 0.3) is 0 Å². The summed E-state index contributed by atoms with van der Waals surface area (Å²) in [7, 11) is 0. The molecule has 0 amide bonds. The molecular formula is C11H13O4. The molecule has 0 fully saturated rings. The average molecular weight is 209 g/mol. The third-order valence-corrected chi connectivity index (χ3v) is 1.54. The number of carbonyl (C=O) groups is 1. The molecule has 0 saturated heterocycles. The molecule has 0 spiro atoms. The number of carbonyl (C=O) groups excluding carboxylic acids is 1. The predicted molar refractivity (Wildman–Crippen MR) is 54.6 cm³/mol. The zero-order valence-corrected chi connectivity index (χ0v) is 8.35. The van der Waals surface area contributed by atoms with E-state index < -0.39 is 6.16 Å². The van der Waals surface area contributed by atoms with E-state index >= 15 is 0 Å². The summed E-state index contributed by atoms with van der Waals surface area (Å²) in [5.74, 6) is 0.742. The summed E-state index contributed by atoms with van der Waals surface area (Å²) < 4.78 is 14.4. The second-order valence-corrected chi connectivity index (χ2v) is 2.61. The summed E-state index contributed by atoms with van der Waals surface area (Å²) in [6.07, 6.45) is -0.721. The fourth-order valence-electron chi connectivity index (χ4n) is 0.926. The molecule has 15 heavy (non-hydrogen) atoms. The van der Waals surface area contributed by atoms with E-state index in [1.54, 1.807) is 0 Å². The summed E-state index contributed by atoms with van der Waals surface area (Å²) in [4.78, 5) is 10.7. The Hall–Kier alpha value is -1.71. The van der Waals surface area contributed by atoms with Gasteiger partial charge in [-0.25, -0.2) is 4.79 Å². The molecular weight excluding hydrogens is 196 g/mol. The van der Waals surface area contributed by atoms with Crippen molar-refractivity contribution in [3.8, 4) is 5.75 Å². The highest BCUT2D eigenvalue weighted by Gasteiger charge is 2.01. The lowest BCUT2D eigenvalue weighted by Gasteiger charge is -2.06. The molecule has 1 aromatic carbocycles. The smallest absolute Gasteiger partial charge is 0.490 e. The molecule has 0 unspecified atom stereocenters. The molecule has 4 nitrogen and oxygen atoms in total. The van der Waals surface area contributed by atoms with E-state index in [1.807, 2.05) is 30.3 Å². The van der Waals surface area contributed by atoms with E-state index in [-0.39, 0.29) is 13.2 Å². The molecule has 0 atom stereocenters. The van der Waals surface area contributed by atoms with E-state index in [0.717, 1.165) is 5.75 Å². The first-order valence-corrected chi connectivity index (χ1v) is 4.59. The Bertz CT molecular complexity index is 284. The van der Waals surface area contributed by atoms with Crippen LogP contribution in [0, 0.1) is 6.92 Å². The van der Waals surface area contributed by atoms with Crippen molar-refractivity contribution in [3.05, 3.63) is 37.3 Å². The zero-order valence-electron chi connectivity index (χ0n) is 8.35. The maximum absolute atomic E-state index is 10.7. The average Bonchev–Trinajstić information content (AvgIpc) is 2.26. The van der Waals surface area contributed by atoms with E-state index in [1.165, 1.54) is 0 Å². The van der Waals surface area contributed by atoms with Crippen molar-refractivity contribution < 1.29 is 19.0 Å². The molecule has 0 bridgehead atoms. The van der Waals surface area contributed by atoms with Crippen LogP contribution >= 0.6 is 0 Å². The van der Waals surface area contributed by atoms with E-state index in [0.29, 0.717) is 6.61 Å². The summed E-state index contributed by atoms with van der Waals surface area (Å²) in [5, 5.41) is 0. The van der Waals surface area contributed by atoms with Crippen molar-refractivity contribution in [2.24, 2.45) is 0 Å². The molecule has 4 heteroatoms. The van der Waals surface area contributed by atoms with Gasteiger partial charge in [0.15, 0.2) is 0 Å². The molecule has 0 aromatic heterocycles. The number of benzene rings is 1. The maximum Gasteiger partial charge on any atom is 0.508 e. The number of rotatable bonds is 5. The van der Waals surface area contributed by atoms with Crippen LogP contribution in [0.4, 0.5) is 4.79 Å². The summed E-state index contributed by atoms with van der Waals surface area (Å²) in [5.41, 5.74) is 0. The molecule has 0 saturated carbocycles. The Morgan fingerprint density at radius 3 is 2.53 bits per heavy atom. The first-order valence-electron chi connectivity index (χ1n) is 4.59. The van der Waals surface area contributed by atoms with E-state index in [4.69, 9.17) is 4.74 Å². The molecule has 0 aliphatic carbocycles. The zero-order chi connectivity index (χ0) is 10.9. The normalized spacial score (nSPS) is 9.40. The van der Waals surface area contributed by atoms with Gasteiger partial charge in [-0.3, -0.25) is 0 Å². The Balaban J connectivity index is 2.10. The minimum atomic E-state index is -0.721. The number of hydrogen-bond donors (Lipinski definition) is 0. The predicted octanol–water partition coefficient (Wildman–Crippen LogP) is 2.05. The van der Waals surface area contributed by atoms with Gasteiger partial charge in [0, 0.05) is 0 Å². The molecule has 0 aliphatic rings. The molecule has 81 valence electrons. The van der Waals surface area contributed by atoms with Gasteiger partial charge in [-0.1, -0.05) is 18.2 Å². The molecule has 0 heterocycles.